The maximum Gasteiger partial charge on any atom is 0.150 e. The molecular weight excluding hydrogens is 371 g/mol. The number of nitrogens with one attached hydrogen (secondary N) is 1. The molecule has 0 spiro atoms. The first-order valence-electron chi connectivity index (χ1n) is 4.56. The van der Waals surface area contributed by atoms with Crippen molar-refractivity contribution in [1.82, 2.24) is 9.97 Å². The summed E-state index contributed by atoms with van der Waals surface area (Å²) >= 11 is 12.7. The lowest BCUT2D eigenvalue weighted by atomic mass is 10.3. The lowest BCUT2D eigenvalue weighted by Gasteiger charge is -2.09. The Morgan fingerprint density at radius 1 is 1.24 bits per heavy atom. The van der Waals surface area contributed by atoms with Gasteiger partial charge < -0.3 is 11.1 Å². The second-order valence-corrected chi connectivity index (χ2v) is 5.29. The summed E-state index contributed by atoms with van der Waals surface area (Å²) in [6.45, 7) is 0. The minimum Gasteiger partial charge on any atom is -0.383 e. The Hall–Kier alpha value is -0.850. The van der Waals surface area contributed by atoms with Crippen LogP contribution in [0.2, 0.25) is 5.02 Å². The second kappa shape index (κ2) is 5.20. The van der Waals surface area contributed by atoms with Crippen LogP contribution >= 0.6 is 43.5 Å². The van der Waals surface area contributed by atoms with E-state index in [4.69, 9.17) is 17.3 Å². The Morgan fingerprint density at radius 3 is 2.71 bits per heavy atom. The SMILES string of the molecule is Nc1ncnc(Nc2ccc(Br)cc2Cl)c1Br. The lowest BCUT2D eigenvalue weighted by molar-refractivity contribution is 1.16. The first kappa shape index (κ1) is 12.6. The molecule has 3 N–H and O–H groups in total. The summed E-state index contributed by atoms with van der Waals surface area (Å²) in [6, 6.07) is 5.52. The number of hydrogen-bond donors (Lipinski definition) is 2. The maximum absolute atomic E-state index is 6.09. The number of nitrogens with two attached hydrogens (primary N) is 1. The Kier molecular flexibility index (Phi) is 3.86. The second-order valence-electron chi connectivity index (χ2n) is 3.17. The van der Waals surface area contributed by atoms with Crippen molar-refractivity contribution in [2.45, 2.75) is 0 Å². The van der Waals surface area contributed by atoms with E-state index in [-0.39, 0.29) is 0 Å². The Morgan fingerprint density at radius 2 is 2.00 bits per heavy atom. The summed E-state index contributed by atoms with van der Waals surface area (Å²) < 4.78 is 1.52. The molecule has 1 aromatic heterocycles. The molecule has 0 amide bonds. The first-order valence-corrected chi connectivity index (χ1v) is 6.52. The highest BCUT2D eigenvalue weighted by Gasteiger charge is 2.08. The lowest BCUT2D eigenvalue weighted by Crippen LogP contribution is -2.00. The van der Waals surface area contributed by atoms with Gasteiger partial charge in [-0.25, -0.2) is 9.97 Å². The Balaban J connectivity index is 2.35. The summed E-state index contributed by atoms with van der Waals surface area (Å²) in [6.07, 6.45) is 1.38. The van der Waals surface area contributed by atoms with Crippen molar-refractivity contribution >= 4 is 60.8 Å². The third-order valence-electron chi connectivity index (χ3n) is 2.00. The van der Waals surface area contributed by atoms with Gasteiger partial charge in [0.2, 0.25) is 0 Å². The van der Waals surface area contributed by atoms with Gasteiger partial charge in [0.1, 0.15) is 22.4 Å². The zero-order valence-corrected chi connectivity index (χ0v) is 12.3. The average Bonchev–Trinajstić information content (AvgIpc) is 2.28. The van der Waals surface area contributed by atoms with Crippen LogP contribution in [0.3, 0.4) is 0 Å². The molecule has 2 rings (SSSR count). The van der Waals surface area contributed by atoms with Crippen LogP contribution in [0.4, 0.5) is 17.3 Å². The van der Waals surface area contributed by atoms with E-state index in [1.165, 1.54) is 6.33 Å². The molecule has 0 aliphatic rings. The van der Waals surface area contributed by atoms with Crippen molar-refractivity contribution in [1.29, 1.82) is 0 Å². The summed E-state index contributed by atoms with van der Waals surface area (Å²) in [4.78, 5) is 7.94. The van der Waals surface area contributed by atoms with Crippen molar-refractivity contribution in [2.75, 3.05) is 11.1 Å². The molecule has 88 valence electrons. The van der Waals surface area contributed by atoms with Crippen molar-refractivity contribution in [3.8, 4) is 0 Å². The number of aromatic nitrogens is 2. The van der Waals surface area contributed by atoms with E-state index in [2.05, 4.69) is 47.1 Å². The van der Waals surface area contributed by atoms with E-state index in [1.54, 1.807) is 6.07 Å². The highest BCUT2D eigenvalue weighted by Crippen LogP contribution is 2.31. The van der Waals surface area contributed by atoms with Crippen LogP contribution in [0.25, 0.3) is 0 Å². The molecule has 0 atom stereocenters. The molecule has 0 aliphatic heterocycles. The summed E-state index contributed by atoms with van der Waals surface area (Å²) in [5.41, 5.74) is 6.40. The molecule has 0 radical (unpaired) electrons. The zero-order chi connectivity index (χ0) is 12.4. The predicted octanol–water partition coefficient (Wildman–Crippen LogP) is 3.98. The molecule has 7 heteroatoms. The van der Waals surface area contributed by atoms with E-state index >= 15 is 0 Å². The molecule has 0 aliphatic carbocycles. The summed E-state index contributed by atoms with van der Waals surface area (Å²) in [7, 11) is 0. The molecule has 0 saturated heterocycles. The zero-order valence-electron chi connectivity index (χ0n) is 8.42. The Bertz CT molecular complexity index is 562. The number of anilines is 3. The van der Waals surface area contributed by atoms with Crippen LogP contribution in [0.1, 0.15) is 0 Å². The van der Waals surface area contributed by atoms with Gasteiger partial charge in [0.15, 0.2) is 0 Å². The van der Waals surface area contributed by atoms with Crippen LogP contribution < -0.4 is 11.1 Å². The van der Waals surface area contributed by atoms with Crippen LogP contribution in [0, 0.1) is 0 Å². The van der Waals surface area contributed by atoms with Gasteiger partial charge in [0.25, 0.3) is 0 Å². The van der Waals surface area contributed by atoms with Crippen molar-refractivity contribution in [3.63, 3.8) is 0 Å². The highest BCUT2D eigenvalue weighted by molar-refractivity contribution is 9.11. The molecule has 0 bridgehead atoms. The number of rotatable bonds is 2. The summed E-state index contributed by atoms with van der Waals surface area (Å²) in [5, 5.41) is 3.66. The predicted molar refractivity (Wildman–Crippen MR) is 76.6 cm³/mol. The van der Waals surface area contributed by atoms with Gasteiger partial charge in [-0.1, -0.05) is 27.5 Å². The molecule has 0 unspecified atom stereocenters. The molecule has 0 fully saturated rings. The van der Waals surface area contributed by atoms with Gasteiger partial charge >= 0.3 is 0 Å². The van der Waals surface area contributed by atoms with Crippen molar-refractivity contribution in [2.24, 2.45) is 0 Å². The number of hydrogen-bond acceptors (Lipinski definition) is 4. The molecule has 2 aromatic rings. The van der Waals surface area contributed by atoms with E-state index in [1.807, 2.05) is 12.1 Å². The molecule has 17 heavy (non-hydrogen) atoms. The highest BCUT2D eigenvalue weighted by atomic mass is 79.9. The fourth-order valence-corrected chi connectivity index (χ4v) is 2.21. The largest absolute Gasteiger partial charge is 0.383 e. The Labute approximate surface area is 120 Å². The van der Waals surface area contributed by atoms with Gasteiger partial charge in [-0.3, -0.25) is 0 Å². The van der Waals surface area contributed by atoms with E-state index < -0.39 is 0 Å². The van der Waals surface area contributed by atoms with Crippen LogP contribution in [-0.2, 0) is 0 Å². The average molecular weight is 378 g/mol. The fourth-order valence-electron chi connectivity index (χ4n) is 1.19. The quantitative estimate of drug-likeness (QED) is 0.830. The van der Waals surface area contributed by atoms with E-state index in [9.17, 15) is 0 Å². The third-order valence-corrected chi connectivity index (χ3v) is 3.59. The molecule has 4 nitrogen and oxygen atoms in total. The number of benzene rings is 1. The minimum absolute atomic E-state index is 0.371. The van der Waals surface area contributed by atoms with Gasteiger partial charge in [-0.15, -0.1) is 0 Å². The smallest absolute Gasteiger partial charge is 0.150 e. The third kappa shape index (κ3) is 2.88. The molecule has 0 saturated carbocycles. The van der Waals surface area contributed by atoms with Crippen LogP contribution in [-0.4, -0.2) is 9.97 Å². The van der Waals surface area contributed by atoms with E-state index in [0.717, 1.165) is 10.2 Å². The van der Waals surface area contributed by atoms with E-state index in [0.29, 0.717) is 21.1 Å². The molecule has 1 aromatic carbocycles. The topological polar surface area (TPSA) is 63.8 Å². The maximum atomic E-state index is 6.09. The van der Waals surface area contributed by atoms with Gasteiger partial charge in [0.05, 0.1) is 10.7 Å². The van der Waals surface area contributed by atoms with Gasteiger partial charge in [0, 0.05) is 4.47 Å². The fraction of sp³-hybridized carbons (Fsp3) is 0. The molecular formula is C10H7Br2ClN4. The van der Waals surface area contributed by atoms with Crippen molar-refractivity contribution in [3.05, 3.63) is 38.5 Å². The van der Waals surface area contributed by atoms with Gasteiger partial charge in [-0.05, 0) is 34.1 Å². The first-order chi connectivity index (χ1) is 8.08. The summed E-state index contributed by atoms with van der Waals surface area (Å²) in [5.74, 6) is 0.942. The van der Waals surface area contributed by atoms with Gasteiger partial charge in [-0.2, -0.15) is 0 Å². The van der Waals surface area contributed by atoms with Crippen LogP contribution in [0.15, 0.2) is 33.5 Å². The number of nitrogen functional groups attached to an aromatic ring is 1. The molecule has 1 heterocycles. The van der Waals surface area contributed by atoms with Crippen LogP contribution in [0.5, 0.6) is 0 Å². The number of halogens is 3. The number of nitrogens with zero attached hydrogens (tertiary/aromatic N) is 2. The minimum atomic E-state index is 0.371. The monoisotopic (exact) mass is 376 g/mol. The standard InChI is InChI=1S/C10H7Br2ClN4/c11-5-1-2-7(6(13)3-5)17-10-8(12)9(14)15-4-16-10/h1-4H,(H3,14,15,16,17). The normalized spacial score (nSPS) is 10.3. The van der Waals surface area contributed by atoms with Crippen molar-refractivity contribution < 1.29 is 0 Å².